The first kappa shape index (κ1) is 21.1. The van der Waals surface area contributed by atoms with Gasteiger partial charge in [0.25, 0.3) is 0 Å². The molecule has 0 unspecified atom stereocenters. The third kappa shape index (κ3) is 3.84. The van der Waals surface area contributed by atoms with Gasteiger partial charge in [0, 0.05) is 24.1 Å². The zero-order valence-electron chi connectivity index (χ0n) is 18.4. The molecule has 1 amide bonds. The number of benzene rings is 3. The summed E-state index contributed by atoms with van der Waals surface area (Å²) in [5.74, 6) is -0.383. The summed E-state index contributed by atoms with van der Waals surface area (Å²) in [6.45, 7) is 1.81. The monoisotopic (exact) mass is 440 g/mol. The van der Waals surface area contributed by atoms with Crippen molar-refractivity contribution in [2.45, 2.75) is 38.1 Å². The van der Waals surface area contributed by atoms with Crippen LogP contribution in [0.1, 0.15) is 49.3 Å². The van der Waals surface area contributed by atoms with Crippen LogP contribution in [0, 0.1) is 5.82 Å². The molecule has 3 aromatic carbocycles. The highest BCUT2D eigenvalue weighted by Crippen LogP contribution is 2.47. The maximum absolute atomic E-state index is 13.8. The van der Waals surface area contributed by atoms with E-state index in [1.54, 1.807) is 17.0 Å². The molecule has 2 aliphatic rings. The molecule has 0 saturated heterocycles. The Morgan fingerprint density at radius 3 is 2.36 bits per heavy atom. The average molecular weight is 441 g/mol. The Hall–Kier alpha value is -3.73. The Kier molecular flexibility index (Phi) is 5.55. The normalized spacial score (nSPS) is 19.9. The van der Waals surface area contributed by atoms with Crippen molar-refractivity contribution in [2.24, 2.45) is 0 Å². The number of halogens is 1. The minimum absolute atomic E-state index is 0.00800. The van der Waals surface area contributed by atoms with Crippen molar-refractivity contribution >= 4 is 23.1 Å². The number of para-hydroxylation sites is 2. The number of nitrogens with one attached hydrogen (secondary N) is 1. The van der Waals surface area contributed by atoms with Crippen LogP contribution in [0.5, 0.6) is 0 Å². The van der Waals surface area contributed by atoms with Gasteiger partial charge in [-0.1, -0.05) is 61.5 Å². The van der Waals surface area contributed by atoms with Crippen molar-refractivity contribution in [2.75, 3.05) is 10.2 Å². The van der Waals surface area contributed by atoms with Crippen molar-refractivity contribution < 1.29 is 14.0 Å². The molecule has 0 radical (unpaired) electrons. The number of allylic oxidation sites excluding steroid dienone is 1. The van der Waals surface area contributed by atoms with E-state index >= 15 is 0 Å². The zero-order valence-corrected chi connectivity index (χ0v) is 18.4. The zero-order chi connectivity index (χ0) is 22.9. The van der Waals surface area contributed by atoms with Gasteiger partial charge in [-0.05, 0) is 47.7 Å². The number of carbonyl (C=O) groups is 2. The fourth-order valence-electron chi connectivity index (χ4n) is 4.96. The molecule has 166 valence electrons. The molecule has 3 aromatic rings. The average Bonchev–Trinajstić information content (AvgIpc) is 2.99. The number of amides is 1. The van der Waals surface area contributed by atoms with Crippen LogP contribution >= 0.6 is 0 Å². The SMILES string of the molecule is CCC(=O)N1c2ccccc2NC2=C(C(=O)C[C@H](c3ccccc3)C2)[C@@H]1c1ccc(F)cc1. The van der Waals surface area contributed by atoms with E-state index in [-0.39, 0.29) is 29.8 Å². The standard InChI is InChI=1S/C28H25FN2O2/c1-2-26(33)31-24-11-7-6-10-22(24)30-23-16-20(18-8-4-3-5-9-18)17-25(32)27(23)28(31)19-12-14-21(29)15-13-19/h3-15,20,28,30H,2,16-17H2,1H3/t20-,28+/m1/s1. The van der Waals surface area contributed by atoms with E-state index in [1.165, 1.54) is 12.1 Å². The number of Topliss-reactive ketones (excluding diaryl/α,β-unsaturated/α-hetero) is 1. The summed E-state index contributed by atoms with van der Waals surface area (Å²) in [6.07, 6.45) is 1.31. The Balaban J connectivity index is 1.71. The fourth-order valence-corrected chi connectivity index (χ4v) is 4.96. The molecule has 0 saturated carbocycles. The van der Waals surface area contributed by atoms with E-state index in [1.807, 2.05) is 49.4 Å². The first-order chi connectivity index (χ1) is 16.1. The quantitative estimate of drug-likeness (QED) is 0.532. The Bertz CT molecular complexity index is 1230. The highest BCUT2D eigenvalue weighted by Gasteiger charge is 2.41. The first-order valence-electron chi connectivity index (χ1n) is 11.3. The van der Waals surface area contributed by atoms with Gasteiger partial charge in [-0.2, -0.15) is 0 Å². The van der Waals surface area contributed by atoms with Gasteiger partial charge in [-0.15, -0.1) is 0 Å². The molecule has 0 aromatic heterocycles. The van der Waals surface area contributed by atoms with Crippen LogP contribution in [0.25, 0.3) is 0 Å². The number of rotatable bonds is 3. The van der Waals surface area contributed by atoms with Crippen LogP contribution in [0.4, 0.5) is 15.8 Å². The molecule has 1 aliphatic carbocycles. The highest BCUT2D eigenvalue weighted by molar-refractivity contribution is 6.06. The highest BCUT2D eigenvalue weighted by atomic mass is 19.1. The van der Waals surface area contributed by atoms with Crippen LogP contribution in [-0.4, -0.2) is 11.7 Å². The van der Waals surface area contributed by atoms with Crippen LogP contribution < -0.4 is 10.2 Å². The van der Waals surface area contributed by atoms with Crippen LogP contribution in [-0.2, 0) is 9.59 Å². The second-order valence-electron chi connectivity index (χ2n) is 8.54. The largest absolute Gasteiger partial charge is 0.357 e. The van der Waals surface area contributed by atoms with Crippen molar-refractivity contribution in [3.05, 3.63) is 107 Å². The molecule has 2 atom stereocenters. The molecule has 0 fully saturated rings. The number of nitrogens with zero attached hydrogens (tertiary/aromatic N) is 1. The number of ketones is 1. The molecule has 0 bridgehead atoms. The molecule has 1 heterocycles. The summed E-state index contributed by atoms with van der Waals surface area (Å²) in [6, 6.07) is 23.2. The van der Waals surface area contributed by atoms with Gasteiger partial charge in [-0.25, -0.2) is 4.39 Å². The number of hydrogen-bond acceptors (Lipinski definition) is 3. The lowest BCUT2D eigenvalue weighted by atomic mass is 9.78. The second-order valence-corrected chi connectivity index (χ2v) is 8.54. The molecule has 0 spiro atoms. The number of anilines is 2. The molecule has 5 heteroatoms. The fraction of sp³-hybridized carbons (Fsp3) is 0.214. The lowest BCUT2D eigenvalue weighted by molar-refractivity contribution is -0.119. The van der Waals surface area contributed by atoms with Crippen molar-refractivity contribution in [1.29, 1.82) is 0 Å². The topological polar surface area (TPSA) is 49.4 Å². The van der Waals surface area contributed by atoms with Gasteiger partial charge in [0.2, 0.25) is 5.91 Å². The van der Waals surface area contributed by atoms with Crippen molar-refractivity contribution in [3.8, 4) is 0 Å². The third-order valence-corrected chi connectivity index (χ3v) is 6.52. The van der Waals surface area contributed by atoms with E-state index in [9.17, 15) is 14.0 Å². The summed E-state index contributed by atoms with van der Waals surface area (Å²) < 4.78 is 13.8. The molecule has 4 nitrogen and oxygen atoms in total. The lowest BCUT2D eigenvalue weighted by Crippen LogP contribution is -2.38. The predicted octanol–water partition coefficient (Wildman–Crippen LogP) is 6.14. The van der Waals surface area contributed by atoms with Gasteiger partial charge in [-0.3, -0.25) is 14.5 Å². The third-order valence-electron chi connectivity index (χ3n) is 6.52. The predicted molar refractivity (Wildman–Crippen MR) is 127 cm³/mol. The van der Waals surface area contributed by atoms with Crippen molar-refractivity contribution in [1.82, 2.24) is 0 Å². The summed E-state index contributed by atoms with van der Waals surface area (Å²) in [5, 5.41) is 3.50. The van der Waals surface area contributed by atoms with E-state index in [0.29, 0.717) is 18.4 Å². The summed E-state index contributed by atoms with van der Waals surface area (Å²) >= 11 is 0. The molecular formula is C28H25FN2O2. The van der Waals surface area contributed by atoms with Gasteiger partial charge in [0.05, 0.1) is 17.4 Å². The Labute approximate surface area is 192 Å². The van der Waals surface area contributed by atoms with E-state index in [2.05, 4.69) is 17.4 Å². The summed E-state index contributed by atoms with van der Waals surface area (Å²) in [4.78, 5) is 28.7. The second kappa shape index (κ2) is 8.66. The van der Waals surface area contributed by atoms with Crippen LogP contribution in [0.15, 0.2) is 90.1 Å². The number of hydrogen-bond donors (Lipinski definition) is 1. The maximum atomic E-state index is 13.8. The Morgan fingerprint density at radius 2 is 1.64 bits per heavy atom. The number of carbonyl (C=O) groups excluding carboxylic acids is 2. The molecule has 1 aliphatic heterocycles. The smallest absolute Gasteiger partial charge is 0.227 e. The van der Waals surface area contributed by atoms with Gasteiger partial charge in [0.1, 0.15) is 5.82 Å². The van der Waals surface area contributed by atoms with Gasteiger partial charge in [0.15, 0.2) is 5.78 Å². The van der Waals surface area contributed by atoms with E-state index in [4.69, 9.17) is 0 Å². The van der Waals surface area contributed by atoms with Crippen molar-refractivity contribution in [3.63, 3.8) is 0 Å². The summed E-state index contributed by atoms with van der Waals surface area (Å²) in [5.41, 5.74) is 4.77. The first-order valence-corrected chi connectivity index (χ1v) is 11.3. The maximum Gasteiger partial charge on any atom is 0.227 e. The summed E-state index contributed by atoms with van der Waals surface area (Å²) in [7, 11) is 0. The molecule has 1 N–H and O–H groups in total. The minimum atomic E-state index is -0.617. The van der Waals surface area contributed by atoms with E-state index < -0.39 is 6.04 Å². The van der Waals surface area contributed by atoms with E-state index in [0.717, 1.165) is 28.2 Å². The molecular weight excluding hydrogens is 415 g/mol. The van der Waals surface area contributed by atoms with Gasteiger partial charge >= 0.3 is 0 Å². The van der Waals surface area contributed by atoms with Crippen LogP contribution in [0.3, 0.4) is 0 Å². The minimum Gasteiger partial charge on any atom is -0.357 e. The lowest BCUT2D eigenvalue weighted by Gasteiger charge is -2.35. The molecule has 5 rings (SSSR count). The van der Waals surface area contributed by atoms with Gasteiger partial charge < -0.3 is 5.32 Å². The number of fused-ring (bicyclic) bond motifs is 1. The Morgan fingerprint density at radius 1 is 0.939 bits per heavy atom. The van der Waals surface area contributed by atoms with Crippen LogP contribution in [0.2, 0.25) is 0 Å². The molecule has 33 heavy (non-hydrogen) atoms.